The van der Waals surface area contributed by atoms with E-state index < -0.39 is 23.8 Å². The van der Waals surface area contributed by atoms with Crippen molar-refractivity contribution >= 4 is 40.9 Å². The van der Waals surface area contributed by atoms with Gasteiger partial charge in [-0.15, -0.1) is 11.8 Å². The number of H-pyrrole nitrogens is 1. The van der Waals surface area contributed by atoms with Gasteiger partial charge < -0.3 is 14.8 Å². The van der Waals surface area contributed by atoms with Crippen LogP contribution in [0.5, 0.6) is 5.75 Å². The molecular weight excluding hydrogens is 500 g/mol. The summed E-state index contributed by atoms with van der Waals surface area (Å²) in [5.41, 5.74) is 0.979. The van der Waals surface area contributed by atoms with Gasteiger partial charge in [0.05, 0.1) is 24.0 Å². The number of carboxylic acid groups (broad SMARTS) is 1. The van der Waals surface area contributed by atoms with Crippen LogP contribution in [0, 0.1) is 35.5 Å². The first-order valence-electron chi connectivity index (χ1n) is 12.3. The molecule has 4 aliphatic rings. The maximum atomic E-state index is 13.8. The van der Waals surface area contributed by atoms with Gasteiger partial charge >= 0.3 is 10.8 Å². The van der Waals surface area contributed by atoms with Crippen LogP contribution < -0.4 is 9.61 Å². The summed E-state index contributed by atoms with van der Waals surface area (Å²) in [6, 6.07) is 6.66. The van der Waals surface area contributed by atoms with E-state index in [1.165, 1.54) is 11.3 Å². The molecule has 36 heavy (non-hydrogen) atoms. The fourth-order valence-corrected chi connectivity index (χ4v) is 10.3. The van der Waals surface area contributed by atoms with Crippen molar-refractivity contribution in [3.63, 3.8) is 0 Å². The molecule has 1 saturated heterocycles. The molecule has 2 N–H and O–H groups in total. The Morgan fingerprint density at radius 1 is 1.17 bits per heavy atom. The summed E-state index contributed by atoms with van der Waals surface area (Å²) in [5.74, 6) is -2.22. The van der Waals surface area contributed by atoms with Gasteiger partial charge in [0.1, 0.15) is 11.8 Å². The third-order valence-electron chi connectivity index (χ3n) is 8.52. The number of nitrogens with one attached hydrogen (secondary N) is 1. The van der Waals surface area contributed by atoms with Crippen LogP contribution in [0.4, 0.5) is 0 Å². The SMILES string of the molecule is COc1ccccc1[C@@H]1c2sc(=O)[nH]c2S[C@@H]2[C@H]3C[C@@H]([C@@H]4C(=O)N([C@@H](CC(C)C)C(=O)O)C(=O)[C@@H]34)[C@@H]12. The van der Waals surface area contributed by atoms with Crippen LogP contribution in [0.25, 0.3) is 0 Å². The first-order chi connectivity index (χ1) is 17.2. The number of methoxy groups -OCH3 is 1. The summed E-state index contributed by atoms with van der Waals surface area (Å²) in [6.45, 7) is 3.79. The maximum Gasteiger partial charge on any atom is 0.326 e. The van der Waals surface area contributed by atoms with Crippen molar-refractivity contribution in [2.75, 3.05) is 7.11 Å². The Kier molecular flexibility index (Phi) is 5.60. The van der Waals surface area contributed by atoms with E-state index in [9.17, 15) is 24.3 Å². The van der Waals surface area contributed by atoms with Crippen LogP contribution in [0.3, 0.4) is 0 Å². The number of fused-ring (bicyclic) bond motifs is 9. The Morgan fingerprint density at radius 2 is 1.86 bits per heavy atom. The number of aliphatic carboxylic acids is 1. The number of ether oxygens (including phenoxy) is 1. The molecule has 3 fully saturated rings. The van der Waals surface area contributed by atoms with Crippen LogP contribution >= 0.6 is 23.1 Å². The summed E-state index contributed by atoms with van der Waals surface area (Å²) in [7, 11) is 1.63. The van der Waals surface area contributed by atoms with Gasteiger partial charge in [-0.3, -0.25) is 19.3 Å². The summed E-state index contributed by atoms with van der Waals surface area (Å²) in [5, 5.41) is 10.8. The van der Waals surface area contributed by atoms with E-state index in [0.717, 1.165) is 32.5 Å². The number of aromatic nitrogens is 1. The molecule has 0 radical (unpaired) electrons. The zero-order valence-corrected chi connectivity index (χ0v) is 21.8. The molecule has 1 aromatic carbocycles. The minimum absolute atomic E-state index is 0.0322. The van der Waals surface area contributed by atoms with E-state index in [1.54, 1.807) is 18.9 Å². The number of amides is 2. The molecule has 2 amide bonds. The number of imide groups is 1. The number of likely N-dealkylation sites (tertiary alicyclic amines) is 1. The normalized spacial score (nSPS) is 33.0. The number of benzene rings is 1. The van der Waals surface area contributed by atoms with Crippen LogP contribution in [0.2, 0.25) is 0 Å². The van der Waals surface area contributed by atoms with Gasteiger partial charge in [-0.2, -0.15) is 0 Å². The van der Waals surface area contributed by atoms with E-state index in [4.69, 9.17) is 4.74 Å². The minimum atomic E-state index is -1.13. The van der Waals surface area contributed by atoms with Crippen LogP contribution in [0.15, 0.2) is 34.1 Å². The molecule has 190 valence electrons. The molecule has 8 atom stereocenters. The first kappa shape index (κ1) is 23.8. The monoisotopic (exact) mass is 528 g/mol. The predicted octanol–water partition coefficient (Wildman–Crippen LogP) is 3.42. The molecule has 6 rings (SSSR count). The van der Waals surface area contributed by atoms with Crippen molar-refractivity contribution in [3.8, 4) is 5.75 Å². The Labute approximate surface area is 216 Å². The Hall–Kier alpha value is -2.59. The number of thiazole rings is 1. The average molecular weight is 529 g/mol. The first-order valence-corrected chi connectivity index (χ1v) is 14.0. The summed E-state index contributed by atoms with van der Waals surface area (Å²) in [4.78, 5) is 56.8. The summed E-state index contributed by atoms with van der Waals surface area (Å²) in [6.07, 6.45) is 1.00. The van der Waals surface area contributed by atoms with Crippen molar-refractivity contribution in [2.45, 2.75) is 48.9 Å². The quantitative estimate of drug-likeness (QED) is 0.552. The number of carbonyl (C=O) groups excluding carboxylic acids is 2. The maximum absolute atomic E-state index is 13.8. The van der Waals surface area contributed by atoms with E-state index in [1.807, 2.05) is 38.1 Å². The topological polar surface area (TPSA) is 117 Å². The van der Waals surface area contributed by atoms with Crippen molar-refractivity contribution in [1.29, 1.82) is 0 Å². The van der Waals surface area contributed by atoms with Gasteiger partial charge in [0.2, 0.25) is 11.8 Å². The Morgan fingerprint density at radius 3 is 2.53 bits per heavy atom. The van der Waals surface area contributed by atoms with E-state index >= 15 is 0 Å². The largest absolute Gasteiger partial charge is 0.496 e. The number of carboxylic acids is 1. The predicted molar refractivity (Wildman–Crippen MR) is 134 cm³/mol. The molecular formula is C26H28N2O6S2. The highest BCUT2D eigenvalue weighted by molar-refractivity contribution is 8.00. The Bertz CT molecular complexity index is 1320. The van der Waals surface area contributed by atoms with E-state index in [2.05, 4.69) is 4.98 Å². The highest BCUT2D eigenvalue weighted by Gasteiger charge is 2.70. The number of carbonyl (C=O) groups is 3. The summed E-state index contributed by atoms with van der Waals surface area (Å²) >= 11 is 2.82. The van der Waals surface area contributed by atoms with Crippen molar-refractivity contribution in [3.05, 3.63) is 44.4 Å². The van der Waals surface area contributed by atoms with Gasteiger partial charge in [0.25, 0.3) is 0 Å². The molecule has 2 saturated carbocycles. The molecule has 3 heterocycles. The number of rotatable bonds is 6. The molecule has 0 spiro atoms. The fourth-order valence-electron chi connectivity index (χ4n) is 7.38. The highest BCUT2D eigenvalue weighted by atomic mass is 32.2. The van der Waals surface area contributed by atoms with E-state index in [-0.39, 0.29) is 57.9 Å². The molecule has 2 aromatic rings. The number of thioether (sulfide) groups is 1. The van der Waals surface area contributed by atoms with Crippen molar-refractivity contribution in [1.82, 2.24) is 9.88 Å². The number of hydrogen-bond donors (Lipinski definition) is 2. The number of hydrogen-bond acceptors (Lipinski definition) is 7. The number of nitrogens with zero attached hydrogens (tertiary/aromatic N) is 1. The molecule has 2 aliphatic heterocycles. The second kappa shape index (κ2) is 8.48. The average Bonchev–Trinajstić information content (AvgIpc) is 3.56. The van der Waals surface area contributed by atoms with Gasteiger partial charge in [-0.25, -0.2) is 4.79 Å². The fraction of sp³-hybridized carbons (Fsp3) is 0.538. The molecule has 2 aliphatic carbocycles. The lowest BCUT2D eigenvalue weighted by atomic mass is 9.68. The highest BCUT2D eigenvalue weighted by Crippen LogP contribution is 2.69. The van der Waals surface area contributed by atoms with Gasteiger partial charge in [-0.05, 0) is 42.6 Å². The Balaban J connectivity index is 1.44. The van der Waals surface area contributed by atoms with Gasteiger partial charge in [0, 0.05) is 21.6 Å². The molecule has 0 unspecified atom stereocenters. The third kappa shape index (κ3) is 3.26. The van der Waals surface area contributed by atoms with Crippen molar-refractivity contribution in [2.24, 2.45) is 35.5 Å². The van der Waals surface area contributed by atoms with E-state index in [0.29, 0.717) is 0 Å². The van der Waals surface area contributed by atoms with Crippen LogP contribution in [-0.4, -0.2) is 51.2 Å². The standard InChI is InChI=1S/C26H28N2O6S2/c1-10(2)8-14(25(31)32)28-23(29)18-12-9-13(19(18)24(28)30)20-17(12)16(11-6-4-5-7-15(11)34-3)21-22(35-20)27-26(33)36-21/h4-7,10,12-14,16-20H,8-9H2,1-3H3,(H,27,33)(H,31,32)/t12-,13+,14+,16+,17+,18+,19+,20-/m1/s1. The summed E-state index contributed by atoms with van der Waals surface area (Å²) < 4.78 is 5.70. The van der Waals surface area contributed by atoms with Crippen LogP contribution in [-0.2, 0) is 14.4 Å². The number of para-hydroxylation sites is 1. The minimum Gasteiger partial charge on any atom is -0.496 e. The van der Waals surface area contributed by atoms with Crippen molar-refractivity contribution < 1.29 is 24.2 Å². The second-order valence-electron chi connectivity index (χ2n) is 10.7. The molecule has 1 aromatic heterocycles. The lowest BCUT2D eigenvalue weighted by molar-refractivity contribution is -0.156. The zero-order valence-electron chi connectivity index (χ0n) is 20.2. The number of aromatic amines is 1. The second-order valence-corrected chi connectivity index (χ2v) is 12.9. The zero-order chi connectivity index (χ0) is 25.5. The van der Waals surface area contributed by atoms with Gasteiger partial charge in [-0.1, -0.05) is 43.4 Å². The van der Waals surface area contributed by atoms with Crippen LogP contribution in [0.1, 0.15) is 43.0 Å². The molecule has 2 bridgehead atoms. The smallest absolute Gasteiger partial charge is 0.326 e. The lowest BCUT2D eigenvalue weighted by Gasteiger charge is -2.43. The molecule has 8 nitrogen and oxygen atoms in total. The lowest BCUT2D eigenvalue weighted by Crippen LogP contribution is -2.47. The molecule has 10 heteroatoms. The van der Waals surface area contributed by atoms with Gasteiger partial charge in [0.15, 0.2) is 0 Å². The third-order valence-corrected chi connectivity index (χ3v) is 11.1.